The molecule has 0 aromatic carbocycles. The van der Waals surface area contributed by atoms with Gasteiger partial charge in [-0.3, -0.25) is 0 Å². The van der Waals surface area contributed by atoms with E-state index in [2.05, 4.69) is 59.7 Å². The molecule has 0 amide bonds. The van der Waals surface area contributed by atoms with Gasteiger partial charge in [0.25, 0.3) is 0 Å². The van der Waals surface area contributed by atoms with Gasteiger partial charge in [0.15, 0.2) is 5.96 Å². The van der Waals surface area contributed by atoms with E-state index in [1.54, 1.807) is 0 Å². The predicted octanol–water partition coefficient (Wildman–Crippen LogP) is 2.47. The normalized spacial score (nSPS) is 17.5. The number of piperidine rings is 1. The van der Waals surface area contributed by atoms with Gasteiger partial charge in [-0.25, -0.2) is 9.98 Å². The third-order valence-electron chi connectivity index (χ3n) is 4.69. The molecule has 0 aliphatic carbocycles. The van der Waals surface area contributed by atoms with Crippen LogP contribution in [0.1, 0.15) is 53.3 Å². The van der Waals surface area contributed by atoms with Crippen LogP contribution in [0.3, 0.4) is 0 Å². The third-order valence-corrected chi connectivity index (χ3v) is 4.69. The first kappa shape index (κ1) is 19.8. The molecule has 1 aromatic heterocycles. The summed E-state index contributed by atoms with van der Waals surface area (Å²) in [5.74, 6) is 2.54. The molecular weight excluding hydrogens is 312 g/mol. The lowest BCUT2D eigenvalue weighted by atomic mass is 10.0. The molecule has 25 heavy (non-hydrogen) atoms. The zero-order valence-electron chi connectivity index (χ0n) is 16.6. The van der Waals surface area contributed by atoms with Crippen LogP contribution in [0.15, 0.2) is 17.4 Å². The first-order chi connectivity index (χ1) is 12.0. The molecule has 1 aromatic rings. The molecule has 1 aliphatic heterocycles. The van der Waals surface area contributed by atoms with E-state index < -0.39 is 0 Å². The number of nitrogens with zero attached hydrogens (tertiary/aromatic N) is 4. The molecule has 0 unspecified atom stereocenters. The Morgan fingerprint density at radius 2 is 2.00 bits per heavy atom. The molecular formula is C19H36N6. The third kappa shape index (κ3) is 6.34. The Morgan fingerprint density at radius 1 is 1.28 bits per heavy atom. The van der Waals surface area contributed by atoms with E-state index in [4.69, 9.17) is 4.99 Å². The molecule has 1 fully saturated rings. The summed E-state index contributed by atoms with van der Waals surface area (Å²) in [6.45, 7) is 15.9. The van der Waals surface area contributed by atoms with Gasteiger partial charge in [-0.15, -0.1) is 0 Å². The fraction of sp³-hybridized carbons (Fsp3) is 0.789. The highest BCUT2D eigenvalue weighted by molar-refractivity contribution is 5.80. The van der Waals surface area contributed by atoms with Crippen molar-refractivity contribution in [2.75, 3.05) is 19.6 Å². The largest absolute Gasteiger partial charge is 0.357 e. The molecule has 2 N–H and O–H groups in total. The van der Waals surface area contributed by atoms with Crippen molar-refractivity contribution in [3.05, 3.63) is 18.2 Å². The molecule has 6 nitrogen and oxygen atoms in total. The summed E-state index contributed by atoms with van der Waals surface area (Å²) in [6, 6.07) is 1.14. The number of nitrogens with one attached hydrogen (secondary N) is 2. The Kier molecular flexibility index (Phi) is 7.75. The van der Waals surface area contributed by atoms with Gasteiger partial charge in [-0.2, -0.15) is 0 Å². The molecule has 1 aliphatic rings. The zero-order chi connectivity index (χ0) is 18.2. The van der Waals surface area contributed by atoms with Crippen molar-refractivity contribution in [3.8, 4) is 0 Å². The molecule has 0 radical (unpaired) electrons. The van der Waals surface area contributed by atoms with Gasteiger partial charge in [-0.1, -0.05) is 13.8 Å². The summed E-state index contributed by atoms with van der Waals surface area (Å²) >= 11 is 0. The molecule has 6 heteroatoms. The van der Waals surface area contributed by atoms with Crippen molar-refractivity contribution < 1.29 is 0 Å². The quantitative estimate of drug-likeness (QED) is 0.587. The molecule has 142 valence electrons. The predicted molar refractivity (Wildman–Crippen MR) is 105 cm³/mol. The van der Waals surface area contributed by atoms with E-state index in [0.717, 1.165) is 38.0 Å². The Morgan fingerprint density at radius 3 is 2.60 bits per heavy atom. The second-order valence-corrected chi connectivity index (χ2v) is 7.63. The minimum Gasteiger partial charge on any atom is -0.357 e. The number of guanidine groups is 1. The summed E-state index contributed by atoms with van der Waals surface area (Å²) in [7, 11) is 0. The smallest absolute Gasteiger partial charge is 0.191 e. The lowest BCUT2D eigenvalue weighted by Gasteiger charge is -2.35. The Balaban J connectivity index is 1.92. The van der Waals surface area contributed by atoms with Crippen LogP contribution in [-0.2, 0) is 13.1 Å². The number of aromatic nitrogens is 2. The van der Waals surface area contributed by atoms with Crippen LogP contribution in [0.25, 0.3) is 0 Å². The number of likely N-dealkylation sites (tertiary alicyclic amines) is 1. The van der Waals surface area contributed by atoms with Gasteiger partial charge >= 0.3 is 0 Å². The zero-order valence-corrected chi connectivity index (χ0v) is 16.6. The first-order valence-corrected chi connectivity index (χ1v) is 9.78. The Bertz CT molecular complexity index is 526. The standard InChI is InChI=1S/C19H36N6/c1-6-20-19(23-17-7-10-24(11-8-17)16(4)5)22-13-18-21-9-12-25(18)14-15(2)3/h9,12,15-17H,6-8,10-11,13-14H2,1-5H3,(H2,20,22,23). The number of hydrogen-bond donors (Lipinski definition) is 2. The Hall–Kier alpha value is -1.56. The molecule has 0 saturated carbocycles. The highest BCUT2D eigenvalue weighted by Gasteiger charge is 2.21. The van der Waals surface area contributed by atoms with Gasteiger partial charge in [0, 0.05) is 50.7 Å². The van der Waals surface area contributed by atoms with Crippen LogP contribution in [0.2, 0.25) is 0 Å². The first-order valence-electron chi connectivity index (χ1n) is 9.78. The van der Waals surface area contributed by atoms with Crippen molar-refractivity contribution in [2.45, 2.75) is 72.6 Å². The topological polar surface area (TPSA) is 57.5 Å². The average molecular weight is 349 g/mol. The van der Waals surface area contributed by atoms with Gasteiger partial charge in [-0.05, 0) is 39.5 Å². The second kappa shape index (κ2) is 9.80. The summed E-state index contributed by atoms with van der Waals surface area (Å²) < 4.78 is 2.21. The van der Waals surface area contributed by atoms with Crippen molar-refractivity contribution in [1.82, 2.24) is 25.1 Å². The van der Waals surface area contributed by atoms with Crippen LogP contribution >= 0.6 is 0 Å². The van der Waals surface area contributed by atoms with Gasteiger partial charge < -0.3 is 20.1 Å². The van der Waals surface area contributed by atoms with E-state index >= 15 is 0 Å². The maximum Gasteiger partial charge on any atom is 0.191 e. The minimum absolute atomic E-state index is 0.503. The summed E-state index contributed by atoms with van der Waals surface area (Å²) in [6.07, 6.45) is 6.26. The van der Waals surface area contributed by atoms with Crippen LogP contribution in [0, 0.1) is 5.92 Å². The van der Waals surface area contributed by atoms with E-state index in [-0.39, 0.29) is 0 Å². The summed E-state index contributed by atoms with van der Waals surface area (Å²) in [5, 5.41) is 6.99. The fourth-order valence-electron chi connectivity index (χ4n) is 3.27. The SMILES string of the molecule is CCNC(=NCc1nccn1CC(C)C)NC1CCN(C(C)C)CC1. The van der Waals surface area contributed by atoms with E-state index in [9.17, 15) is 0 Å². The minimum atomic E-state index is 0.503. The van der Waals surface area contributed by atoms with E-state index in [0.29, 0.717) is 24.5 Å². The molecule has 2 heterocycles. The average Bonchev–Trinajstić information content (AvgIpc) is 2.99. The van der Waals surface area contributed by atoms with Crippen LogP contribution < -0.4 is 10.6 Å². The molecule has 1 saturated heterocycles. The lowest BCUT2D eigenvalue weighted by Crippen LogP contribution is -2.49. The van der Waals surface area contributed by atoms with E-state index in [1.165, 1.54) is 12.8 Å². The highest BCUT2D eigenvalue weighted by atomic mass is 15.2. The number of aliphatic imine (C=N–C) groups is 1. The molecule has 0 spiro atoms. The second-order valence-electron chi connectivity index (χ2n) is 7.63. The maximum atomic E-state index is 4.77. The van der Waals surface area contributed by atoms with Crippen molar-refractivity contribution in [1.29, 1.82) is 0 Å². The summed E-state index contributed by atoms with van der Waals surface area (Å²) in [5.41, 5.74) is 0. The van der Waals surface area contributed by atoms with Crippen molar-refractivity contribution in [3.63, 3.8) is 0 Å². The molecule has 2 rings (SSSR count). The Labute approximate surface area is 153 Å². The van der Waals surface area contributed by atoms with Gasteiger partial charge in [0.2, 0.25) is 0 Å². The van der Waals surface area contributed by atoms with E-state index in [1.807, 2.05) is 12.4 Å². The monoisotopic (exact) mass is 348 g/mol. The van der Waals surface area contributed by atoms with Gasteiger partial charge in [0.1, 0.15) is 12.4 Å². The number of rotatable bonds is 7. The molecule has 0 atom stereocenters. The van der Waals surface area contributed by atoms with Crippen molar-refractivity contribution in [2.24, 2.45) is 10.9 Å². The van der Waals surface area contributed by atoms with Crippen LogP contribution in [0.4, 0.5) is 0 Å². The van der Waals surface area contributed by atoms with Crippen molar-refractivity contribution >= 4 is 5.96 Å². The van der Waals surface area contributed by atoms with Gasteiger partial charge in [0.05, 0.1) is 0 Å². The number of hydrogen-bond acceptors (Lipinski definition) is 3. The lowest BCUT2D eigenvalue weighted by molar-refractivity contribution is 0.167. The highest BCUT2D eigenvalue weighted by Crippen LogP contribution is 2.13. The summed E-state index contributed by atoms with van der Waals surface area (Å²) in [4.78, 5) is 11.8. The molecule has 0 bridgehead atoms. The number of imidazole rings is 1. The van der Waals surface area contributed by atoms with Crippen LogP contribution in [0.5, 0.6) is 0 Å². The van der Waals surface area contributed by atoms with Crippen LogP contribution in [-0.4, -0.2) is 52.1 Å². The fourth-order valence-corrected chi connectivity index (χ4v) is 3.27. The maximum absolute atomic E-state index is 4.77.